The van der Waals surface area contributed by atoms with Gasteiger partial charge in [-0.05, 0) is 25.8 Å². The molecule has 1 N–H and O–H groups in total. The van der Waals surface area contributed by atoms with Gasteiger partial charge in [0.2, 0.25) is 10.0 Å². The molecular weight excluding hydrogens is 332 g/mol. The Balaban J connectivity index is 1.72. The van der Waals surface area contributed by atoms with Crippen LogP contribution in [-0.2, 0) is 16.4 Å². The Labute approximate surface area is 140 Å². The van der Waals surface area contributed by atoms with Crippen molar-refractivity contribution >= 4 is 21.4 Å². The fraction of sp³-hybridized carbons (Fsp3) is 0.438. The van der Waals surface area contributed by atoms with Gasteiger partial charge in [-0.25, -0.2) is 18.1 Å². The fourth-order valence-electron chi connectivity index (χ4n) is 2.77. The minimum absolute atomic E-state index is 0.0779. The van der Waals surface area contributed by atoms with Gasteiger partial charge < -0.3 is 4.74 Å². The molecule has 23 heavy (non-hydrogen) atoms. The number of benzene rings is 1. The third kappa shape index (κ3) is 3.73. The lowest BCUT2D eigenvalue weighted by molar-refractivity contribution is 0.261. The van der Waals surface area contributed by atoms with Crippen molar-refractivity contribution in [1.29, 1.82) is 0 Å². The van der Waals surface area contributed by atoms with E-state index in [9.17, 15) is 8.42 Å². The summed E-state index contributed by atoms with van der Waals surface area (Å²) in [6.07, 6.45) is 1.14. The molecule has 3 rings (SSSR count). The highest BCUT2D eigenvalue weighted by Crippen LogP contribution is 2.34. The molecule has 124 valence electrons. The average molecular weight is 352 g/mol. The predicted molar refractivity (Wildman–Crippen MR) is 91.5 cm³/mol. The summed E-state index contributed by atoms with van der Waals surface area (Å²) in [5.41, 5.74) is 4.63. The number of thiazole rings is 1. The van der Waals surface area contributed by atoms with E-state index in [2.05, 4.69) is 9.71 Å². The molecule has 1 aliphatic rings. The van der Waals surface area contributed by atoms with Crippen molar-refractivity contribution in [2.75, 3.05) is 12.4 Å². The average Bonchev–Trinajstić information content (AvgIpc) is 2.91. The van der Waals surface area contributed by atoms with Crippen LogP contribution in [-0.4, -0.2) is 25.8 Å². The van der Waals surface area contributed by atoms with Crippen LogP contribution in [0.15, 0.2) is 23.7 Å². The first-order valence-electron chi connectivity index (χ1n) is 7.57. The molecule has 0 bridgehead atoms. The molecule has 0 spiro atoms. The SMILES string of the molecule is Cc1cccc2c1OCC[C@H]2NS(=O)(=O)CCc1scnc1C. The van der Waals surface area contributed by atoms with Gasteiger partial charge in [-0.3, -0.25) is 0 Å². The maximum Gasteiger partial charge on any atom is 0.212 e. The Morgan fingerprint density at radius 1 is 1.39 bits per heavy atom. The van der Waals surface area contributed by atoms with Crippen LogP contribution in [0.2, 0.25) is 0 Å². The third-order valence-electron chi connectivity index (χ3n) is 4.04. The Bertz CT molecular complexity index is 799. The van der Waals surface area contributed by atoms with Gasteiger partial charge >= 0.3 is 0 Å². The third-order valence-corrected chi connectivity index (χ3v) is 6.42. The number of fused-ring (bicyclic) bond motifs is 1. The van der Waals surface area contributed by atoms with Crippen molar-refractivity contribution in [1.82, 2.24) is 9.71 Å². The van der Waals surface area contributed by atoms with Crippen LogP contribution in [0.5, 0.6) is 5.75 Å². The molecule has 0 saturated carbocycles. The first-order valence-corrected chi connectivity index (χ1v) is 10.1. The molecular formula is C16H20N2O3S2. The summed E-state index contributed by atoms with van der Waals surface area (Å²) in [7, 11) is -3.36. The van der Waals surface area contributed by atoms with Gasteiger partial charge in [0.15, 0.2) is 0 Å². The topological polar surface area (TPSA) is 68.3 Å². The van der Waals surface area contributed by atoms with E-state index in [4.69, 9.17) is 4.74 Å². The molecule has 0 radical (unpaired) electrons. The number of nitrogens with zero attached hydrogens (tertiary/aromatic N) is 1. The maximum atomic E-state index is 12.4. The molecule has 1 aromatic carbocycles. The molecule has 0 amide bonds. The molecule has 2 heterocycles. The van der Waals surface area contributed by atoms with Crippen molar-refractivity contribution in [2.24, 2.45) is 0 Å². The highest BCUT2D eigenvalue weighted by molar-refractivity contribution is 7.89. The number of rotatable bonds is 5. The summed E-state index contributed by atoms with van der Waals surface area (Å²) in [5.74, 6) is 0.888. The van der Waals surface area contributed by atoms with E-state index in [-0.39, 0.29) is 11.8 Å². The Morgan fingerprint density at radius 3 is 2.96 bits per heavy atom. The van der Waals surface area contributed by atoms with Crippen LogP contribution < -0.4 is 9.46 Å². The summed E-state index contributed by atoms with van der Waals surface area (Å²) in [6.45, 7) is 4.41. The number of hydrogen-bond donors (Lipinski definition) is 1. The second-order valence-electron chi connectivity index (χ2n) is 5.73. The number of sulfonamides is 1. The summed E-state index contributed by atoms with van der Waals surface area (Å²) in [5, 5.41) is 0. The Morgan fingerprint density at radius 2 is 2.22 bits per heavy atom. The molecule has 1 aromatic heterocycles. The quantitative estimate of drug-likeness (QED) is 0.898. The first kappa shape index (κ1) is 16.4. The maximum absolute atomic E-state index is 12.4. The zero-order chi connectivity index (χ0) is 16.4. The molecule has 1 atom stereocenters. The van der Waals surface area contributed by atoms with Gasteiger partial charge in [0.25, 0.3) is 0 Å². The molecule has 0 fully saturated rings. The summed E-state index contributed by atoms with van der Waals surface area (Å²) in [4.78, 5) is 5.19. The Hall–Kier alpha value is -1.44. The minimum Gasteiger partial charge on any atom is -0.493 e. The van der Waals surface area contributed by atoms with Gasteiger partial charge in [-0.1, -0.05) is 18.2 Å². The highest BCUT2D eigenvalue weighted by atomic mass is 32.2. The lowest BCUT2D eigenvalue weighted by Crippen LogP contribution is -2.34. The number of aromatic nitrogens is 1. The van der Waals surface area contributed by atoms with Crippen molar-refractivity contribution in [2.45, 2.75) is 32.7 Å². The van der Waals surface area contributed by atoms with E-state index in [0.29, 0.717) is 19.4 Å². The largest absolute Gasteiger partial charge is 0.493 e. The minimum atomic E-state index is -3.36. The molecule has 2 aromatic rings. The number of para-hydroxylation sites is 1. The zero-order valence-corrected chi connectivity index (χ0v) is 14.8. The number of hydrogen-bond acceptors (Lipinski definition) is 5. The van der Waals surface area contributed by atoms with Gasteiger partial charge in [-0.15, -0.1) is 11.3 Å². The van der Waals surface area contributed by atoms with Crippen LogP contribution in [0.1, 0.15) is 34.2 Å². The predicted octanol–water partition coefficient (Wildman–Crippen LogP) is 2.75. The van der Waals surface area contributed by atoms with Crippen LogP contribution in [0.25, 0.3) is 0 Å². The standard InChI is InChI=1S/C16H20N2O3S2/c1-11-4-3-5-13-14(6-8-21-16(11)13)18-23(19,20)9-7-15-12(2)17-10-22-15/h3-5,10,14,18H,6-9H2,1-2H3/t14-/m1/s1. The van der Waals surface area contributed by atoms with E-state index >= 15 is 0 Å². The second kappa shape index (κ2) is 6.59. The van der Waals surface area contributed by atoms with E-state index in [0.717, 1.165) is 27.4 Å². The zero-order valence-electron chi connectivity index (χ0n) is 13.2. The van der Waals surface area contributed by atoms with E-state index < -0.39 is 10.0 Å². The lowest BCUT2D eigenvalue weighted by atomic mass is 9.99. The molecule has 0 saturated heterocycles. The molecule has 1 aliphatic heterocycles. The number of aryl methyl sites for hydroxylation is 3. The van der Waals surface area contributed by atoms with E-state index in [1.807, 2.05) is 32.0 Å². The smallest absolute Gasteiger partial charge is 0.212 e. The van der Waals surface area contributed by atoms with Gasteiger partial charge in [-0.2, -0.15) is 0 Å². The van der Waals surface area contributed by atoms with Crippen LogP contribution in [0, 0.1) is 13.8 Å². The molecule has 7 heteroatoms. The molecule has 0 unspecified atom stereocenters. The normalized spacial score (nSPS) is 17.6. The van der Waals surface area contributed by atoms with Gasteiger partial charge in [0.05, 0.1) is 29.6 Å². The summed E-state index contributed by atoms with van der Waals surface area (Å²) >= 11 is 1.50. The van der Waals surface area contributed by atoms with Gasteiger partial charge in [0.1, 0.15) is 5.75 Å². The van der Waals surface area contributed by atoms with Crippen molar-refractivity contribution in [3.05, 3.63) is 45.4 Å². The summed E-state index contributed by atoms with van der Waals surface area (Å²) < 4.78 is 33.4. The Kier molecular flexibility index (Phi) is 4.70. The van der Waals surface area contributed by atoms with Crippen LogP contribution in [0.3, 0.4) is 0 Å². The van der Waals surface area contributed by atoms with E-state index in [1.54, 1.807) is 5.51 Å². The van der Waals surface area contributed by atoms with Crippen molar-refractivity contribution in [3.8, 4) is 5.75 Å². The molecule has 0 aliphatic carbocycles. The van der Waals surface area contributed by atoms with Crippen LogP contribution >= 0.6 is 11.3 Å². The van der Waals surface area contributed by atoms with Crippen LogP contribution in [0.4, 0.5) is 0 Å². The molecule has 5 nitrogen and oxygen atoms in total. The fourth-order valence-corrected chi connectivity index (χ4v) is 4.95. The summed E-state index contributed by atoms with van der Waals surface area (Å²) in [6, 6.07) is 5.63. The van der Waals surface area contributed by atoms with Crippen molar-refractivity contribution < 1.29 is 13.2 Å². The van der Waals surface area contributed by atoms with E-state index in [1.165, 1.54) is 11.3 Å². The second-order valence-corrected chi connectivity index (χ2v) is 8.54. The van der Waals surface area contributed by atoms with Crippen molar-refractivity contribution in [3.63, 3.8) is 0 Å². The monoisotopic (exact) mass is 352 g/mol. The number of nitrogens with one attached hydrogen (secondary N) is 1. The number of ether oxygens (including phenoxy) is 1. The first-order chi connectivity index (χ1) is 11.0. The highest BCUT2D eigenvalue weighted by Gasteiger charge is 2.26. The van der Waals surface area contributed by atoms with Gasteiger partial charge in [0, 0.05) is 16.9 Å². The lowest BCUT2D eigenvalue weighted by Gasteiger charge is -2.27.